The fraction of sp³-hybridized carbons (Fsp3) is 0.458. The van der Waals surface area contributed by atoms with E-state index < -0.39 is 66.5 Å². The van der Waals surface area contributed by atoms with Gasteiger partial charge in [-0.1, -0.05) is 125 Å². The van der Waals surface area contributed by atoms with Crippen molar-refractivity contribution in [2.45, 2.75) is 109 Å². The number of hydrogen-bond acceptors (Lipinski definition) is 9. The summed E-state index contributed by atoms with van der Waals surface area (Å²) in [6.07, 6.45) is 4.32. The first-order valence-corrected chi connectivity index (χ1v) is 22.2. The Hall–Kier alpha value is -6.58. The minimum atomic E-state index is -1.09. The highest BCUT2D eigenvalue weighted by atomic mass is 16.5. The first kappa shape index (κ1) is 48.5. The monoisotopic (exact) mass is 878 g/mol. The maximum absolute atomic E-state index is 14.3. The Balaban J connectivity index is 1.29. The van der Waals surface area contributed by atoms with E-state index in [1.165, 1.54) is 14.0 Å². The molecular weight excluding hydrogens is 817 g/mol. The molecule has 3 aromatic rings. The highest BCUT2D eigenvalue weighted by molar-refractivity contribution is 6.41. The van der Waals surface area contributed by atoms with Gasteiger partial charge < -0.3 is 36.6 Å². The van der Waals surface area contributed by atoms with Crippen LogP contribution in [-0.2, 0) is 28.7 Å². The van der Waals surface area contributed by atoms with Gasteiger partial charge in [0, 0.05) is 13.0 Å². The number of amides is 7. The number of fused-ring (bicyclic) bond motifs is 3. The second-order valence-corrected chi connectivity index (χ2v) is 16.8. The standard InChI is InChI=1S/C48H62N8O8/c1-6-17-38(43(55-56-47(62)49-5)45(60)50-27-40(58)53-41(30(4)57)31-18-9-7-10-19-31)51-44(59)39(26-29(2)3)52-46(61)42(32-20-11-8-12-21-32)54-48(63)64-28-37-35-24-15-13-22-33(35)34-23-14-16-25-36(34)37/h7,9-10,13-16,18-19,22-25,29,32,37-39,41-42H,6,8,11-12,17,20-21,26-28H2,1-5H3,(H,50,60)(H,51,59)(H,52,61)(H,53,58)(H,54,63)(H2,49,56,62)/t38-,39-,41+,42+/m0/s1. The van der Waals surface area contributed by atoms with E-state index in [1.807, 2.05) is 57.2 Å². The lowest BCUT2D eigenvalue weighted by Gasteiger charge is -2.32. The molecule has 2 aliphatic rings. The average molecular weight is 879 g/mol. The minimum Gasteiger partial charge on any atom is -0.449 e. The molecule has 16 nitrogen and oxygen atoms in total. The molecule has 0 bridgehead atoms. The Kier molecular flexibility index (Phi) is 18.0. The SMILES string of the molecule is CCC[C@H](NC(=O)[C@H](CC(C)C)NC(=O)[C@H](NC(=O)OCC1c2ccccc2-c2ccccc21)C1CCCCC1)C(=NNC(=O)NC)C(=O)NCC(=O)N[C@H](C(C)=O)c1ccccc1. The molecule has 1 saturated carbocycles. The molecule has 1 fully saturated rings. The van der Waals surface area contributed by atoms with Crippen LogP contribution in [0.25, 0.3) is 11.1 Å². The number of Topliss-reactive ketones (excluding diaryl/α,β-unsaturated/α-hetero) is 1. The fourth-order valence-corrected chi connectivity index (χ4v) is 8.42. The molecule has 0 unspecified atom stereocenters. The maximum atomic E-state index is 14.3. The quantitative estimate of drug-likeness (QED) is 0.0593. The lowest BCUT2D eigenvalue weighted by Crippen LogP contribution is -2.58. The van der Waals surface area contributed by atoms with E-state index in [0.717, 1.165) is 41.5 Å². The number of nitrogens with one attached hydrogen (secondary N) is 7. The molecule has 0 radical (unpaired) electrons. The molecule has 0 aromatic heterocycles. The predicted molar refractivity (Wildman–Crippen MR) is 243 cm³/mol. The van der Waals surface area contributed by atoms with Crippen molar-refractivity contribution in [1.29, 1.82) is 0 Å². The van der Waals surface area contributed by atoms with E-state index in [-0.39, 0.29) is 48.7 Å². The zero-order valence-corrected chi connectivity index (χ0v) is 37.3. The van der Waals surface area contributed by atoms with E-state index in [9.17, 15) is 33.6 Å². The largest absolute Gasteiger partial charge is 0.449 e. The van der Waals surface area contributed by atoms with Crippen molar-refractivity contribution in [3.8, 4) is 11.1 Å². The molecule has 7 N–H and O–H groups in total. The van der Waals surface area contributed by atoms with Crippen LogP contribution in [-0.4, -0.2) is 85.6 Å². The highest BCUT2D eigenvalue weighted by Crippen LogP contribution is 2.44. The summed E-state index contributed by atoms with van der Waals surface area (Å²) in [6, 6.07) is 19.9. The number of ketones is 1. The first-order chi connectivity index (χ1) is 30.8. The number of hydrazone groups is 1. The molecule has 16 heteroatoms. The van der Waals surface area contributed by atoms with E-state index in [2.05, 4.69) is 54.6 Å². The zero-order chi connectivity index (χ0) is 46.2. The van der Waals surface area contributed by atoms with Gasteiger partial charge in [0.2, 0.25) is 17.7 Å². The molecule has 0 heterocycles. The molecule has 3 aromatic carbocycles. The normalized spacial score (nSPS) is 15.6. The van der Waals surface area contributed by atoms with E-state index in [0.29, 0.717) is 24.8 Å². The molecule has 0 spiro atoms. The summed E-state index contributed by atoms with van der Waals surface area (Å²) in [5, 5.41) is 20.2. The number of urea groups is 1. The summed E-state index contributed by atoms with van der Waals surface area (Å²) in [4.78, 5) is 93.6. The smallest absolute Gasteiger partial charge is 0.407 e. The highest BCUT2D eigenvalue weighted by Gasteiger charge is 2.36. The van der Waals surface area contributed by atoms with Gasteiger partial charge in [-0.2, -0.15) is 5.10 Å². The van der Waals surface area contributed by atoms with Crippen molar-refractivity contribution in [2.24, 2.45) is 16.9 Å². The fourth-order valence-electron chi connectivity index (χ4n) is 8.42. The molecule has 0 aliphatic heterocycles. The number of alkyl carbamates (subject to hydrolysis) is 1. The molecule has 0 saturated heterocycles. The van der Waals surface area contributed by atoms with Crippen LogP contribution in [0.3, 0.4) is 0 Å². The number of benzene rings is 3. The lowest BCUT2D eigenvalue weighted by atomic mass is 9.83. The number of rotatable bonds is 20. The minimum absolute atomic E-state index is 0.0662. The molecule has 342 valence electrons. The second-order valence-electron chi connectivity index (χ2n) is 16.8. The van der Waals surface area contributed by atoms with Crippen LogP contribution in [0.1, 0.15) is 108 Å². The number of carbonyl (C=O) groups is 7. The van der Waals surface area contributed by atoms with E-state index in [4.69, 9.17) is 4.74 Å². The Morgan fingerprint density at radius 2 is 1.36 bits per heavy atom. The van der Waals surface area contributed by atoms with E-state index in [1.54, 1.807) is 30.3 Å². The van der Waals surface area contributed by atoms with Crippen molar-refractivity contribution >= 4 is 47.2 Å². The third kappa shape index (κ3) is 13.2. The van der Waals surface area contributed by atoms with Gasteiger partial charge in [-0.25, -0.2) is 15.0 Å². The zero-order valence-electron chi connectivity index (χ0n) is 37.3. The molecule has 2 aliphatic carbocycles. The Labute approximate surface area is 374 Å². The van der Waals surface area contributed by atoms with Gasteiger partial charge in [0.25, 0.3) is 5.91 Å². The van der Waals surface area contributed by atoms with Gasteiger partial charge >= 0.3 is 12.1 Å². The van der Waals surface area contributed by atoms with Crippen LogP contribution in [0.5, 0.6) is 0 Å². The summed E-state index contributed by atoms with van der Waals surface area (Å²) in [7, 11) is 1.36. The van der Waals surface area contributed by atoms with Gasteiger partial charge in [0.1, 0.15) is 30.4 Å². The van der Waals surface area contributed by atoms with Gasteiger partial charge in [-0.15, -0.1) is 0 Å². The summed E-state index contributed by atoms with van der Waals surface area (Å²) in [6.45, 7) is 6.49. The summed E-state index contributed by atoms with van der Waals surface area (Å²) in [5.74, 6) is -3.42. The third-order valence-electron chi connectivity index (χ3n) is 11.6. The maximum Gasteiger partial charge on any atom is 0.407 e. The van der Waals surface area contributed by atoms with E-state index >= 15 is 0 Å². The molecule has 64 heavy (non-hydrogen) atoms. The van der Waals surface area contributed by atoms with Crippen LogP contribution >= 0.6 is 0 Å². The predicted octanol–water partition coefficient (Wildman–Crippen LogP) is 5.14. The second kappa shape index (κ2) is 23.7. The van der Waals surface area contributed by atoms with Gasteiger partial charge in [-0.05, 0) is 72.3 Å². The molecule has 7 amide bonds. The lowest BCUT2D eigenvalue weighted by molar-refractivity contribution is -0.131. The van der Waals surface area contributed by atoms with Crippen LogP contribution in [0.15, 0.2) is 84.0 Å². The van der Waals surface area contributed by atoms with Crippen LogP contribution in [0, 0.1) is 11.8 Å². The van der Waals surface area contributed by atoms with Crippen LogP contribution in [0.2, 0.25) is 0 Å². The number of nitrogens with zero attached hydrogens (tertiary/aromatic N) is 1. The molecular formula is C48H62N8O8. The van der Waals surface area contributed by atoms with Gasteiger partial charge in [-0.3, -0.25) is 24.0 Å². The summed E-state index contributed by atoms with van der Waals surface area (Å²) >= 11 is 0. The first-order valence-electron chi connectivity index (χ1n) is 22.2. The van der Waals surface area contributed by atoms with Crippen molar-refractivity contribution in [2.75, 3.05) is 20.2 Å². The van der Waals surface area contributed by atoms with Crippen molar-refractivity contribution in [3.05, 3.63) is 95.6 Å². The van der Waals surface area contributed by atoms with Crippen molar-refractivity contribution < 1.29 is 38.3 Å². The number of ether oxygens (including phenoxy) is 1. The third-order valence-corrected chi connectivity index (χ3v) is 11.6. The Morgan fingerprint density at radius 1 is 0.750 bits per heavy atom. The number of hydrogen-bond donors (Lipinski definition) is 7. The molecule has 4 atom stereocenters. The Bertz CT molecular complexity index is 2110. The summed E-state index contributed by atoms with van der Waals surface area (Å²) < 4.78 is 5.85. The average Bonchev–Trinajstić information content (AvgIpc) is 3.61. The van der Waals surface area contributed by atoms with Crippen LogP contribution in [0.4, 0.5) is 9.59 Å². The topological polar surface area (TPSA) is 225 Å². The molecule has 5 rings (SSSR count). The van der Waals surface area contributed by atoms with Gasteiger partial charge in [0.05, 0.1) is 12.6 Å². The van der Waals surface area contributed by atoms with Crippen LogP contribution < -0.4 is 37.3 Å². The van der Waals surface area contributed by atoms with Crippen molar-refractivity contribution in [3.63, 3.8) is 0 Å². The van der Waals surface area contributed by atoms with Crippen molar-refractivity contribution in [1.82, 2.24) is 37.3 Å². The Morgan fingerprint density at radius 3 is 1.95 bits per heavy atom. The number of carbonyl (C=O) groups excluding carboxylic acids is 7. The van der Waals surface area contributed by atoms with Gasteiger partial charge in [0.15, 0.2) is 5.78 Å². The summed E-state index contributed by atoms with van der Waals surface area (Å²) in [5.41, 5.74) is 6.81.